The van der Waals surface area contributed by atoms with Gasteiger partial charge in [-0.1, -0.05) is 23.7 Å². The summed E-state index contributed by atoms with van der Waals surface area (Å²) < 4.78 is 18.4. The maximum atomic E-state index is 13.9. The Hall–Kier alpha value is -1.68. The SMILES string of the molecule is COC(=O)c1cc(Cl)c2ccc(C)c(F)c2n1. The molecule has 0 spiro atoms. The first kappa shape index (κ1) is 11.8. The van der Waals surface area contributed by atoms with Gasteiger partial charge in [-0.2, -0.15) is 0 Å². The molecule has 0 saturated carbocycles. The third-order valence-corrected chi connectivity index (χ3v) is 2.77. The lowest BCUT2D eigenvalue weighted by molar-refractivity contribution is 0.0594. The predicted octanol–water partition coefficient (Wildman–Crippen LogP) is 3.12. The molecule has 0 radical (unpaired) electrons. The number of aryl methyl sites for hydroxylation is 1. The van der Waals surface area contributed by atoms with Gasteiger partial charge in [0.1, 0.15) is 5.52 Å². The van der Waals surface area contributed by atoms with E-state index in [9.17, 15) is 9.18 Å². The van der Waals surface area contributed by atoms with Crippen LogP contribution in [0.1, 0.15) is 16.1 Å². The third-order valence-electron chi connectivity index (χ3n) is 2.46. The molecule has 0 aliphatic carbocycles. The number of aromatic nitrogens is 1. The van der Waals surface area contributed by atoms with Crippen LogP contribution in [0.25, 0.3) is 10.9 Å². The maximum absolute atomic E-state index is 13.9. The van der Waals surface area contributed by atoms with Gasteiger partial charge in [-0.3, -0.25) is 0 Å². The smallest absolute Gasteiger partial charge is 0.356 e. The van der Waals surface area contributed by atoms with Crippen LogP contribution in [0.5, 0.6) is 0 Å². The van der Waals surface area contributed by atoms with E-state index in [1.807, 2.05) is 0 Å². The van der Waals surface area contributed by atoms with Crippen molar-refractivity contribution in [2.45, 2.75) is 6.92 Å². The van der Waals surface area contributed by atoms with Gasteiger partial charge in [0, 0.05) is 5.39 Å². The second-order valence-electron chi connectivity index (χ2n) is 3.57. The number of ether oxygens (including phenoxy) is 1. The number of hydrogen-bond donors (Lipinski definition) is 0. The Morgan fingerprint density at radius 3 is 2.82 bits per heavy atom. The van der Waals surface area contributed by atoms with E-state index in [-0.39, 0.29) is 16.2 Å². The number of benzene rings is 1. The second kappa shape index (κ2) is 4.30. The fraction of sp³-hybridized carbons (Fsp3) is 0.167. The van der Waals surface area contributed by atoms with Gasteiger partial charge in [0.15, 0.2) is 11.5 Å². The van der Waals surface area contributed by atoms with Crippen molar-refractivity contribution < 1.29 is 13.9 Å². The molecule has 1 aromatic heterocycles. The van der Waals surface area contributed by atoms with E-state index in [4.69, 9.17) is 11.6 Å². The molecule has 0 saturated heterocycles. The highest BCUT2D eigenvalue weighted by Crippen LogP contribution is 2.26. The molecule has 17 heavy (non-hydrogen) atoms. The number of rotatable bonds is 1. The predicted molar refractivity (Wildman–Crippen MR) is 62.8 cm³/mol. The molecule has 0 aliphatic heterocycles. The zero-order valence-corrected chi connectivity index (χ0v) is 10.0. The Morgan fingerprint density at radius 2 is 2.18 bits per heavy atom. The summed E-state index contributed by atoms with van der Waals surface area (Å²) in [5.41, 5.74) is 0.524. The van der Waals surface area contributed by atoms with Crippen molar-refractivity contribution in [3.8, 4) is 0 Å². The fourth-order valence-electron chi connectivity index (χ4n) is 1.53. The van der Waals surface area contributed by atoms with Crippen molar-refractivity contribution in [3.05, 3.63) is 40.3 Å². The lowest BCUT2D eigenvalue weighted by atomic mass is 10.1. The van der Waals surface area contributed by atoms with Gasteiger partial charge in [0.05, 0.1) is 12.1 Å². The van der Waals surface area contributed by atoms with Gasteiger partial charge < -0.3 is 4.74 Å². The molecule has 3 nitrogen and oxygen atoms in total. The summed E-state index contributed by atoms with van der Waals surface area (Å²) in [5, 5.41) is 0.747. The molecule has 0 amide bonds. The van der Waals surface area contributed by atoms with Crippen LogP contribution in [0.3, 0.4) is 0 Å². The van der Waals surface area contributed by atoms with E-state index in [1.165, 1.54) is 13.2 Å². The molecule has 1 heterocycles. The monoisotopic (exact) mass is 253 g/mol. The molecule has 2 rings (SSSR count). The lowest BCUT2D eigenvalue weighted by Gasteiger charge is -2.06. The van der Waals surface area contributed by atoms with E-state index in [1.54, 1.807) is 19.1 Å². The zero-order chi connectivity index (χ0) is 12.6. The van der Waals surface area contributed by atoms with Crippen molar-refractivity contribution >= 4 is 28.5 Å². The first-order valence-corrected chi connectivity index (χ1v) is 5.26. The van der Waals surface area contributed by atoms with E-state index in [0.29, 0.717) is 10.9 Å². The first-order valence-electron chi connectivity index (χ1n) is 4.88. The Morgan fingerprint density at radius 1 is 1.47 bits per heavy atom. The van der Waals surface area contributed by atoms with Crippen molar-refractivity contribution in [3.63, 3.8) is 0 Å². The van der Waals surface area contributed by atoms with E-state index in [2.05, 4.69) is 9.72 Å². The van der Waals surface area contributed by atoms with E-state index in [0.717, 1.165) is 0 Å². The van der Waals surface area contributed by atoms with Gasteiger partial charge in [0.2, 0.25) is 0 Å². The minimum atomic E-state index is -0.644. The van der Waals surface area contributed by atoms with E-state index < -0.39 is 11.8 Å². The molecular formula is C12H9ClFNO2. The number of methoxy groups -OCH3 is 1. The third kappa shape index (κ3) is 1.96. The van der Waals surface area contributed by atoms with Crippen LogP contribution in [0.2, 0.25) is 5.02 Å². The number of carbonyl (C=O) groups is 1. The van der Waals surface area contributed by atoms with Gasteiger partial charge in [0.25, 0.3) is 0 Å². The average Bonchev–Trinajstić information content (AvgIpc) is 2.33. The highest BCUT2D eigenvalue weighted by atomic mass is 35.5. The Bertz CT molecular complexity index is 613. The molecule has 0 aliphatic rings. The number of carbonyl (C=O) groups excluding carboxylic acids is 1. The zero-order valence-electron chi connectivity index (χ0n) is 9.25. The molecule has 0 atom stereocenters. The second-order valence-corrected chi connectivity index (χ2v) is 3.98. The quantitative estimate of drug-likeness (QED) is 0.733. The number of esters is 1. The van der Waals surface area contributed by atoms with Gasteiger partial charge in [-0.25, -0.2) is 14.2 Å². The highest BCUT2D eigenvalue weighted by molar-refractivity contribution is 6.35. The lowest BCUT2D eigenvalue weighted by Crippen LogP contribution is -2.05. The largest absolute Gasteiger partial charge is 0.464 e. The molecule has 1 aromatic carbocycles. The Labute approximate surface area is 102 Å². The molecule has 5 heteroatoms. The fourth-order valence-corrected chi connectivity index (χ4v) is 1.78. The summed E-state index contributed by atoms with van der Waals surface area (Å²) in [7, 11) is 1.23. The number of nitrogens with zero attached hydrogens (tertiary/aromatic N) is 1. The summed E-state index contributed by atoms with van der Waals surface area (Å²) in [6.07, 6.45) is 0. The summed E-state index contributed by atoms with van der Waals surface area (Å²) in [5.74, 6) is -1.12. The summed E-state index contributed by atoms with van der Waals surface area (Å²) in [6, 6.07) is 4.65. The van der Waals surface area contributed by atoms with Crippen LogP contribution in [0, 0.1) is 12.7 Å². The number of fused-ring (bicyclic) bond motifs is 1. The molecule has 0 fully saturated rings. The minimum absolute atomic E-state index is 0.00509. The minimum Gasteiger partial charge on any atom is -0.464 e. The van der Waals surface area contributed by atoms with Crippen LogP contribution in [0.15, 0.2) is 18.2 Å². The normalized spacial score (nSPS) is 10.6. The van der Waals surface area contributed by atoms with Crippen LogP contribution in [0.4, 0.5) is 4.39 Å². The van der Waals surface area contributed by atoms with Crippen LogP contribution < -0.4 is 0 Å². The van der Waals surface area contributed by atoms with E-state index >= 15 is 0 Å². The van der Waals surface area contributed by atoms with Crippen molar-refractivity contribution in [1.29, 1.82) is 0 Å². The molecule has 88 valence electrons. The highest BCUT2D eigenvalue weighted by Gasteiger charge is 2.14. The summed E-state index contributed by atoms with van der Waals surface area (Å²) in [6.45, 7) is 1.62. The standard InChI is InChI=1S/C12H9ClFNO2/c1-6-3-4-7-8(13)5-9(12(16)17-2)15-11(7)10(6)14/h3-5H,1-2H3. The molecule has 0 N–H and O–H groups in total. The molecule has 0 bridgehead atoms. The number of halogens is 2. The molecule has 2 aromatic rings. The summed E-state index contributed by atoms with van der Waals surface area (Å²) in [4.78, 5) is 15.3. The van der Waals surface area contributed by atoms with Gasteiger partial charge in [-0.05, 0) is 18.6 Å². The number of hydrogen-bond acceptors (Lipinski definition) is 3. The van der Waals surface area contributed by atoms with Gasteiger partial charge >= 0.3 is 5.97 Å². The molecule has 0 unspecified atom stereocenters. The molecular weight excluding hydrogens is 245 g/mol. The average molecular weight is 254 g/mol. The van der Waals surface area contributed by atoms with Crippen molar-refractivity contribution in [1.82, 2.24) is 4.98 Å². The van der Waals surface area contributed by atoms with Crippen LogP contribution in [-0.4, -0.2) is 18.1 Å². The topological polar surface area (TPSA) is 39.2 Å². The van der Waals surface area contributed by atoms with Gasteiger partial charge in [-0.15, -0.1) is 0 Å². The van der Waals surface area contributed by atoms with Crippen LogP contribution in [-0.2, 0) is 4.74 Å². The number of pyridine rings is 1. The van der Waals surface area contributed by atoms with Crippen molar-refractivity contribution in [2.24, 2.45) is 0 Å². The summed E-state index contributed by atoms with van der Waals surface area (Å²) >= 11 is 5.97. The Kier molecular flexibility index (Phi) is 2.98. The maximum Gasteiger partial charge on any atom is 0.356 e. The first-order chi connectivity index (χ1) is 8.04. The van der Waals surface area contributed by atoms with Crippen LogP contribution >= 0.6 is 11.6 Å². The van der Waals surface area contributed by atoms with Crippen molar-refractivity contribution in [2.75, 3.05) is 7.11 Å². The Balaban J connectivity index is 2.79.